The Morgan fingerprint density at radius 3 is 2.45 bits per heavy atom. The summed E-state index contributed by atoms with van der Waals surface area (Å²) in [6, 6.07) is 0. The first-order valence-electron chi connectivity index (χ1n) is 8.15. The molecular formula is C16H29NO3. The molecule has 0 unspecified atom stereocenters. The van der Waals surface area contributed by atoms with E-state index >= 15 is 0 Å². The van der Waals surface area contributed by atoms with Gasteiger partial charge in [-0.2, -0.15) is 0 Å². The predicted octanol–water partition coefficient (Wildman–Crippen LogP) is 2.35. The molecule has 1 aliphatic heterocycles. The standard InChI is InChI=1S/C16H29NO3/c1-3-15(4-2,13-18)14(19)17-10-11-20-16(12-17)8-6-5-7-9-16/h18H,3-13H2,1-2H3. The quantitative estimate of drug-likeness (QED) is 0.861. The van der Waals surface area contributed by atoms with Crippen molar-refractivity contribution < 1.29 is 14.6 Å². The van der Waals surface area contributed by atoms with Crippen molar-refractivity contribution in [2.45, 2.75) is 64.4 Å². The Morgan fingerprint density at radius 2 is 1.90 bits per heavy atom. The maximum Gasteiger partial charge on any atom is 0.231 e. The molecule has 0 radical (unpaired) electrons. The van der Waals surface area contributed by atoms with E-state index in [1.807, 2.05) is 18.7 Å². The third kappa shape index (κ3) is 2.86. The van der Waals surface area contributed by atoms with E-state index in [-0.39, 0.29) is 18.1 Å². The van der Waals surface area contributed by atoms with Crippen LogP contribution in [-0.2, 0) is 9.53 Å². The Kier molecular flexibility index (Phi) is 5.08. The van der Waals surface area contributed by atoms with Crippen LogP contribution < -0.4 is 0 Å². The highest BCUT2D eigenvalue weighted by atomic mass is 16.5. The molecule has 0 aromatic heterocycles. The van der Waals surface area contributed by atoms with Crippen molar-refractivity contribution in [3.8, 4) is 0 Å². The topological polar surface area (TPSA) is 49.8 Å². The average Bonchev–Trinajstić information content (AvgIpc) is 2.50. The van der Waals surface area contributed by atoms with E-state index in [2.05, 4.69) is 0 Å². The zero-order valence-corrected chi connectivity index (χ0v) is 13.0. The molecule has 0 bridgehead atoms. The summed E-state index contributed by atoms with van der Waals surface area (Å²) in [5, 5.41) is 9.70. The van der Waals surface area contributed by atoms with E-state index in [1.54, 1.807) is 0 Å². The van der Waals surface area contributed by atoms with Crippen LogP contribution in [0.4, 0.5) is 0 Å². The van der Waals surface area contributed by atoms with Crippen molar-refractivity contribution >= 4 is 5.91 Å². The summed E-state index contributed by atoms with van der Waals surface area (Å²) in [5.41, 5.74) is -0.692. The van der Waals surface area contributed by atoms with Gasteiger partial charge in [-0.15, -0.1) is 0 Å². The number of morpholine rings is 1. The van der Waals surface area contributed by atoms with Gasteiger partial charge in [0.15, 0.2) is 0 Å². The molecule has 1 amide bonds. The molecule has 1 saturated carbocycles. The summed E-state index contributed by atoms with van der Waals surface area (Å²) in [5.74, 6) is 0.123. The van der Waals surface area contributed by atoms with E-state index in [9.17, 15) is 9.90 Å². The summed E-state index contributed by atoms with van der Waals surface area (Å²) >= 11 is 0. The zero-order chi connectivity index (χ0) is 14.6. The lowest BCUT2D eigenvalue weighted by molar-refractivity contribution is -0.167. The highest BCUT2D eigenvalue weighted by molar-refractivity contribution is 5.83. The molecule has 4 heteroatoms. The van der Waals surface area contributed by atoms with Gasteiger partial charge in [-0.05, 0) is 25.7 Å². The van der Waals surface area contributed by atoms with Crippen LogP contribution in [0.3, 0.4) is 0 Å². The first-order chi connectivity index (χ1) is 9.61. The number of ether oxygens (including phenoxy) is 1. The van der Waals surface area contributed by atoms with Gasteiger partial charge >= 0.3 is 0 Å². The van der Waals surface area contributed by atoms with Gasteiger partial charge in [-0.25, -0.2) is 0 Å². The van der Waals surface area contributed by atoms with Gasteiger partial charge in [-0.1, -0.05) is 33.1 Å². The molecule has 0 atom stereocenters. The molecule has 2 rings (SSSR count). The molecular weight excluding hydrogens is 254 g/mol. The average molecular weight is 283 g/mol. The fourth-order valence-corrected chi connectivity index (χ4v) is 3.70. The molecule has 4 nitrogen and oxygen atoms in total. The van der Waals surface area contributed by atoms with Crippen molar-refractivity contribution in [3.05, 3.63) is 0 Å². The van der Waals surface area contributed by atoms with E-state index < -0.39 is 5.41 Å². The second kappa shape index (κ2) is 6.44. The summed E-state index contributed by atoms with van der Waals surface area (Å²) in [6.07, 6.45) is 7.22. The number of carbonyl (C=O) groups excluding carboxylic acids is 1. The third-order valence-electron chi connectivity index (χ3n) is 5.41. The van der Waals surface area contributed by atoms with Gasteiger partial charge in [0, 0.05) is 13.1 Å². The highest BCUT2D eigenvalue weighted by Gasteiger charge is 2.44. The summed E-state index contributed by atoms with van der Waals surface area (Å²) in [6.45, 7) is 5.96. The third-order valence-corrected chi connectivity index (χ3v) is 5.41. The number of amides is 1. The Labute approximate surface area is 122 Å². The minimum atomic E-state index is -0.590. The molecule has 1 N–H and O–H groups in total. The molecule has 20 heavy (non-hydrogen) atoms. The molecule has 1 saturated heterocycles. The summed E-state index contributed by atoms with van der Waals surface area (Å²) in [7, 11) is 0. The van der Waals surface area contributed by atoms with Gasteiger partial charge in [0.2, 0.25) is 5.91 Å². The lowest BCUT2D eigenvalue weighted by atomic mass is 9.79. The number of aliphatic hydroxyl groups is 1. The minimum Gasteiger partial charge on any atom is -0.395 e. The number of hydrogen-bond acceptors (Lipinski definition) is 3. The molecule has 0 aromatic carbocycles. The number of aliphatic hydroxyl groups excluding tert-OH is 1. The smallest absolute Gasteiger partial charge is 0.231 e. The highest BCUT2D eigenvalue weighted by Crippen LogP contribution is 2.36. The van der Waals surface area contributed by atoms with Crippen LogP contribution in [0.1, 0.15) is 58.8 Å². The molecule has 2 aliphatic rings. The summed E-state index contributed by atoms with van der Waals surface area (Å²) in [4.78, 5) is 14.8. The van der Waals surface area contributed by atoms with Crippen molar-refractivity contribution in [1.29, 1.82) is 0 Å². The first kappa shape index (κ1) is 15.8. The van der Waals surface area contributed by atoms with Gasteiger partial charge < -0.3 is 14.7 Å². The van der Waals surface area contributed by atoms with Gasteiger partial charge in [0.25, 0.3) is 0 Å². The van der Waals surface area contributed by atoms with Crippen molar-refractivity contribution in [2.75, 3.05) is 26.3 Å². The molecule has 2 fully saturated rings. The van der Waals surface area contributed by atoms with Crippen LogP contribution in [0, 0.1) is 5.41 Å². The largest absolute Gasteiger partial charge is 0.395 e. The Bertz CT molecular complexity index is 319. The van der Waals surface area contributed by atoms with Gasteiger partial charge in [0.05, 0.1) is 24.2 Å². The van der Waals surface area contributed by atoms with Crippen LogP contribution in [0.2, 0.25) is 0 Å². The summed E-state index contributed by atoms with van der Waals surface area (Å²) < 4.78 is 6.04. The van der Waals surface area contributed by atoms with Crippen LogP contribution >= 0.6 is 0 Å². The molecule has 1 heterocycles. The fraction of sp³-hybridized carbons (Fsp3) is 0.938. The number of hydrogen-bond donors (Lipinski definition) is 1. The Balaban J connectivity index is 2.09. The normalized spacial score (nSPS) is 23.1. The Hall–Kier alpha value is -0.610. The Morgan fingerprint density at radius 1 is 1.25 bits per heavy atom. The van der Waals surface area contributed by atoms with Crippen LogP contribution in [0.5, 0.6) is 0 Å². The van der Waals surface area contributed by atoms with E-state index in [4.69, 9.17) is 4.74 Å². The van der Waals surface area contributed by atoms with Crippen LogP contribution in [0.15, 0.2) is 0 Å². The van der Waals surface area contributed by atoms with Crippen molar-refractivity contribution in [3.63, 3.8) is 0 Å². The first-order valence-corrected chi connectivity index (χ1v) is 8.15. The van der Waals surface area contributed by atoms with Gasteiger partial charge in [-0.3, -0.25) is 4.79 Å². The molecule has 1 aliphatic carbocycles. The molecule has 1 spiro atoms. The second-order valence-corrected chi connectivity index (χ2v) is 6.46. The monoisotopic (exact) mass is 283 g/mol. The zero-order valence-electron chi connectivity index (χ0n) is 13.0. The fourth-order valence-electron chi connectivity index (χ4n) is 3.70. The minimum absolute atomic E-state index is 0.0524. The van der Waals surface area contributed by atoms with E-state index in [1.165, 1.54) is 19.3 Å². The SMILES string of the molecule is CCC(CC)(CO)C(=O)N1CCOC2(CCCCC2)C1. The van der Waals surface area contributed by atoms with Crippen molar-refractivity contribution in [1.82, 2.24) is 4.90 Å². The van der Waals surface area contributed by atoms with Crippen LogP contribution in [-0.4, -0.2) is 47.8 Å². The predicted molar refractivity (Wildman–Crippen MR) is 78.4 cm³/mol. The maximum absolute atomic E-state index is 12.8. The van der Waals surface area contributed by atoms with E-state index in [0.29, 0.717) is 32.5 Å². The van der Waals surface area contributed by atoms with Crippen LogP contribution in [0.25, 0.3) is 0 Å². The maximum atomic E-state index is 12.8. The molecule has 116 valence electrons. The lowest BCUT2D eigenvalue weighted by Gasteiger charge is -2.47. The van der Waals surface area contributed by atoms with Gasteiger partial charge in [0.1, 0.15) is 0 Å². The van der Waals surface area contributed by atoms with E-state index in [0.717, 1.165) is 12.8 Å². The number of rotatable bonds is 4. The lowest BCUT2D eigenvalue weighted by Crippen LogP contribution is -2.58. The second-order valence-electron chi connectivity index (χ2n) is 6.46. The number of nitrogens with zero attached hydrogens (tertiary/aromatic N) is 1. The molecule has 0 aromatic rings. The number of carbonyl (C=O) groups is 1. The van der Waals surface area contributed by atoms with Crippen molar-refractivity contribution in [2.24, 2.45) is 5.41 Å².